The van der Waals surface area contributed by atoms with E-state index in [1.54, 1.807) is 7.11 Å². The van der Waals surface area contributed by atoms with Crippen molar-refractivity contribution in [3.05, 3.63) is 12.2 Å². The summed E-state index contributed by atoms with van der Waals surface area (Å²) in [7, 11) is 3.82. The van der Waals surface area contributed by atoms with Gasteiger partial charge in [0.25, 0.3) is 0 Å². The van der Waals surface area contributed by atoms with Crippen LogP contribution in [0.1, 0.15) is 0 Å². The van der Waals surface area contributed by atoms with Crippen LogP contribution in [0.5, 0.6) is 0 Å². The summed E-state index contributed by atoms with van der Waals surface area (Å²) in [4.78, 5) is 2.24. The highest BCUT2D eigenvalue weighted by Crippen LogP contribution is 1.81. The van der Waals surface area contributed by atoms with Crippen LogP contribution in [0.4, 0.5) is 0 Å². The number of rotatable bonds is 9. The van der Waals surface area contributed by atoms with Gasteiger partial charge in [0.2, 0.25) is 0 Å². The minimum Gasteiger partial charge on any atom is -0.383 e. The molecule has 0 saturated heterocycles. The second kappa shape index (κ2) is 11.0. The summed E-state index contributed by atoms with van der Waals surface area (Å²) in [5, 5.41) is 3.30. The second-order valence-corrected chi connectivity index (χ2v) is 3.43. The zero-order valence-electron chi connectivity index (χ0n) is 9.13. The van der Waals surface area contributed by atoms with Crippen molar-refractivity contribution in [2.75, 3.05) is 52.8 Å². The van der Waals surface area contributed by atoms with Gasteiger partial charge in [0, 0.05) is 39.2 Å². The van der Waals surface area contributed by atoms with Crippen molar-refractivity contribution >= 4 is 11.6 Å². The Kier molecular flexibility index (Phi) is 10.9. The molecule has 0 aromatic carbocycles. The largest absolute Gasteiger partial charge is 0.383 e. The van der Waals surface area contributed by atoms with Crippen molar-refractivity contribution in [3.63, 3.8) is 0 Å². The Balaban J connectivity index is 3.14. The van der Waals surface area contributed by atoms with Crippen molar-refractivity contribution in [1.29, 1.82) is 0 Å². The summed E-state index contributed by atoms with van der Waals surface area (Å²) in [6, 6.07) is 0. The molecular formula is C10H21ClN2O. The smallest absolute Gasteiger partial charge is 0.0589 e. The van der Waals surface area contributed by atoms with Crippen LogP contribution < -0.4 is 5.32 Å². The highest BCUT2D eigenvalue weighted by Gasteiger charge is 1.95. The van der Waals surface area contributed by atoms with Crippen molar-refractivity contribution in [2.24, 2.45) is 0 Å². The van der Waals surface area contributed by atoms with Crippen LogP contribution >= 0.6 is 11.6 Å². The molecule has 84 valence electrons. The van der Waals surface area contributed by atoms with Gasteiger partial charge < -0.3 is 15.0 Å². The molecule has 0 aliphatic rings. The molecule has 0 rings (SSSR count). The van der Waals surface area contributed by atoms with Crippen LogP contribution in [-0.4, -0.2) is 57.7 Å². The predicted molar refractivity (Wildman–Crippen MR) is 62.1 cm³/mol. The van der Waals surface area contributed by atoms with E-state index < -0.39 is 0 Å². The number of likely N-dealkylation sites (N-methyl/N-ethyl adjacent to an activating group) is 1. The highest BCUT2D eigenvalue weighted by molar-refractivity contribution is 6.18. The third-order valence-corrected chi connectivity index (χ3v) is 2.04. The fraction of sp³-hybridized carbons (Fsp3) is 0.800. The molecule has 0 aromatic heterocycles. The van der Waals surface area contributed by atoms with Gasteiger partial charge in [0.1, 0.15) is 0 Å². The minimum atomic E-state index is 0.593. The highest BCUT2D eigenvalue weighted by atomic mass is 35.5. The zero-order valence-corrected chi connectivity index (χ0v) is 9.89. The van der Waals surface area contributed by atoms with Gasteiger partial charge in [-0.2, -0.15) is 0 Å². The number of halogens is 1. The van der Waals surface area contributed by atoms with E-state index in [2.05, 4.69) is 17.3 Å². The Hall–Kier alpha value is -0.0900. The molecular weight excluding hydrogens is 200 g/mol. The predicted octanol–water partition coefficient (Wildman–Crippen LogP) is 0.949. The van der Waals surface area contributed by atoms with Crippen LogP contribution in [-0.2, 0) is 4.74 Å². The number of hydrogen-bond acceptors (Lipinski definition) is 3. The average Bonchev–Trinajstić information content (AvgIpc) is 2.20. The van der Waals surface area contributed by atoms with Gasteiger partial charge in [-0.25, -0.2) is 0 Å². The fourth-order valence-corrected chi connectivity index (χ4v) is 1.09. The molecule has 0 bridgehead atoms. The van der Waals surface area contributed by atoms with Crippen molar-refractivity contribution in [3.8, 4) is 0 Å². The molecule has 0 heterocycles. The molecule has 0 radical (unpaired) electrons. The lowest BCUT2D eigenvalue weighted by Gasteiger charge is -2.15. The molecule has 1 N–H and O–H groups in total. The van der Waals surface area contributed by atoms with Crippen LogP contribution in [0.2, 0.25) is 0 Å². The molecule has 0 fully saturated rings. The van der Waals surface area contributed by atoms with Crippen molar-refractivity contribution < 1.29 is 4.74 Å². The van der Waals surface area contributed by atoms with E-state index in [9.17, 15) is 0 Å². The number of allylic oxidation sites excluding steroid dienone is 1. The minimum absolute atomic E-state index is 0.593. The first-order chi connectivity index (χ1) is 6.81. The maximum Gasteiger partial charge on any atom is 0.0589 e. The first-order valence-corrected chi connectivity index (χ1v) is 5.44. The van der Waals surface area contributed by atoms with Gasteiger partial charge in [0.05, 0.1) is 6.61 Å². The molecule has 0 spiro atoms. The number of ether oxygens (including phenoxy) is 1. The fourth-order valence-electron chi connectivity index (χ4n) is 0.961. The molecule has 0 aliphatic carbocycles. The van der Waals surface area contributed by atoms with Crippen LogP contribution in [0, 0.1) is 0 Å². The van der Waals surface area contributed by atoms with E-state index in [0.717, 1.165) is 32.8 Å². The first kappa shape index (κ1) is 13.9. The Morgan fingerprint density at radius 1 is 1.36 bits per heavy atom. The van der Waals surface area contributed by atoms with Gasteiger partial charge >= 0.3 is 0 Å². The topological polar surface area (TPSA) is 24.5 Å². The number of hydrogen-bond donors (Lipinski definition) is 1. The van der Waals surface area contributed by atoms with Crippen molar-refractivity contribution in [2.45, 2.75) is 0 Å². The molecule has 14 heavy (non-hydrogen) atoms. The van der Waals surface area contributed by atoms with Crippen LogP contribution in [0.3, 0.4) is 0 Å². The lowest BCUT2D eigenvalue weighted by molar-refractivity contribution is 0.161. The number of alkyl halides is 1. The third kappa shape index (κ3) is 9.99. The second-order valence-electron chi connectivity index (χ2n) is 3.13. The Morgan fingerprint density at radius 2 is 2.14 bits per heavy atom. The summed E-state index contributed by atoms with van der Waals surface area (Å²) >= 11 is 5.49. The number of methoxy groups -OCH3 is 1. The molecule has 0 unspecified atom stereocenters. The molecule has 0 amide bonds. The molecule has 0 atom stereocenters. The van der Waals surface area contributed by atoms with Gasteiger partial charge in [-0.05, 0) is 7.05 Å². The molecule has 4 heteroatoms. The van der Waals surface area contributed by atoms with Crippen molar-refractivity contribution in [1.82, 2.24) is 10.2 Å². The van der Waals surface area contributed by atoms with E-state index in [1.165, 1.54) is 0 Å². The number of nitrogens with zero attached hydrogens (tertiary/aromatic N) is 1. The Morgan fingerprint density at radius 3 is 2.79 bits per heavy atom. The van der Waals surface area contributed by atoms with Crippen LogP contribution in [0.25, 0.3) is 0 Å². The molecule has 0 aliphatic heterocycles. The lowest BCUT2D eigenvalue weighted by Crippen LogP contribution is -2.31. The Bertz CT molecular complexity index is 142. The average molecular weight is 221 g/mol. The quantitative estimate of drug-likeness (QED) is 0.356. The zero-order chi connectivity index (χ0) is 10.6. The standard InChI is InChI=1S/C10H21ClN2O/c1-13(9-10-14-2)8-7-12-6-4-3-5-11/h3-4,12H,5-10H2,1-2H3/b4-3+. The van der Waals surface area contributed by atoms with E-state index >= 15 is 0 Å². The summed E-state index contributed by atoms with van der Waals surface area (Å²) < 4.78 is 4.98. The maximum absolute atomic E-state index is 5.49. The van der Waals surface area contributed by atoms with E-state index in [0.29, 0.717) is 5.88 Å². The Labute approximate surface area is 92.1 Å². The van der Waals surface area contributed by atoms with Gasteiger partial charge in [-0.15, -0.1) is 11.6 Å². The molecule has 3 nitrogen and oxygen atoms in total. The normalized spacial score (nSPS) is 11.7. The summed E-state index contributed by atoms with van der Waals surface area (Å²) in [5.41, 5.74) is 0. The van der Waals surface area contributed by atoms with Gasteiger partial charge in [0.15, 0.2) is 0 Å². The monoisotopic (exact) mass is 220 g/mol. The van der Waals surface area contributed by atoms with Gasteiger partial charge in [-0.3, -0.25) is 0 Å². The summed E-state index contributed by atoms with van der Waals surface area (Å²) in [6.45, 7) is 4.70. The van der Waals surface area contributed by atoms with E-state index in [4.69, 9.17) is 16.3 Å². The van der Waals surface area contributed by atoms with E-state index in [1.807, 2.05) is 12.2 Å². The molecule has 0 aromatic rings. The van der Waals surface area contributed by atoms with Crippen LogP contribution in [0.15, 0.2) is 12.2 Å². The number of nitrogens with one attached hydrogen (secondary N) is 1. The SMILES string of the molecule is COCCN(C)CCNC/C=C/CCl. The maximum atomic E-state index is 5.49. The first-order valence-electron chi connectivity index (χ1n) is 4.90. The summed E-state index contributed by atoms with van der Waals surface area (Å²) in [5.74, 6) is 0.593. The third-order valence-electron chi connectivity index (χ3n) is 1.87. The summed E-state index contributed by atoms with van der Waals surface area (Å²) in [6.07, 6.45) is 3.99. The molecule has 0 saturated carbocycles. The van der Waals surface area contributed by atoms with E-state index in [-0.39, 0.29) is 0 Å². The lowest BCUT2D eigenvalue weighted by atomic mass is 10.4. The van der Waals surface area contributed by atoms with Gasteiger partial charge in [-0.1, -0.05) is 12.2 Å².